The minimum atomic E-state index is -4.35. The molecule has 1 unspecified atom stereocenters. The number of rotatable bonds is 6. The van der Waals surface area contributed by atoms with Gasteiger partial charge in [0.25, 0.3) is 0 Å². The lowest BCUT2D eigenvalue weighted by molar-refractivity contribution is -0.137. The van der Waals surface area contributed by atoms with Gasteiger partial charge < -0.3 is 11.1 Å². The fourth-order valence-corrected chi connectivity index (χ4v) is 2.50. The lowest BCUT2D eigenvalue weighted by Gasteiger charge is -2.13. The number of hydrogen-bond donors (Lipinski definition) is 2. The van der Waals surface area contributed by atoms with E-state index in [-0.39, 0.29) is 18.2 Å². The van der Waals surface area contributed by atoms with Crippen LogP contribution in [-0.4, -0.2) is 12.5 Å². The number of alkyl halides is 3. The molecule has 0 radical (unpaired) electrons. The average Bonchev–Trinajstić information content (AvgIpc) is 2.56. The van der Waals surface area contributed by atoms with Crippen molar-refractivity contribution in [3.05, 3.63) is 65.2 Å². The molecule has 2 aromatic rings. The van der Waals surface area contributed by atoms with Crippen LogP contribution >= 0.6 is 0 Å². The Labute approximate surface area is 145 Å². The summed E-state index contributed by atoms with van der Waals surface area (Å²) in [4.78, 5) is 12.0. The summed E-state index contributed by atoms with van der Waals surface area (Å²) in [6.07, 6.45) is -3.42. The van der Waals surface area contributed by atoms with Crippen molar-refractivity contribution in [1.82, 2.24) is 5.32 Å². The first-order valence-electron chi connectivity index (χ1n) is 8.04. The molecule has 1 atom stereocenters. The molecule has 0 aliphatic rings. The van der Waals surface area contributed by atoms with E-state index in [1.165, 1.54) is 12.1 Å². The van der Waals surface area contributed by atoms with E-state index in [4.69, 9.17) is 5.73 Å². The Morgan fingerprint density at radius 3 is 2.24 bits per heavy atom. The highest BCUT2D eigenvalue weighted by Gasteiger charge is 2.30. The van der Waals surface area contributed by atoms with Crippen molar-refractivity contribution in [3.8, 4) is 0 Å². The minimum absolute atomic E-state index is 0.122. The third-order valence-electron chi connectivity index (χ3n) is 4.01. The molecule has 3 N–H and O–H groups in total. The zero-order valence-corrected chi connectivity index (χ0v) is 13.9. The van der Waals surface area contributed by atoms with Gasteiger partial charge in [-0.05, 0) is 47.7 Å². The predicted octanol–water partition coefficient (Wildman–Crippen LogP) is 4.14. The molecule has 0 fully saturated rings. The molecule has 0 aromatic heterocycles. The molecule has 0 saturated carbocycles. The molecule has 0 saturated heterocycles. The lowest BCUT2D eigenvalue weighted by atomic mass is 9.96. The van der Waals surface area contributed by atoms with E-state index in [1.807, 2.05) is 31.2 Å². The molecule has 0 aliphatic carbocycles. The summed E-state index contributed by atoms with van der Waals surface area (Å²) in [5.41, 5.74) is 7.41. The summed E-state index contributed by atoms with van der Waals surface area (Å²) in [6, 6.07) is 12.4. The standard InChI is InChI=1S/C19H21F3N2O/c1-13(15-4-6-16(7-5-15)19(20,21)22)12-18(25)24-11-10-14-2-8-17(23)9-3-14/h2-9,13H,10-12,23H2,1H3,(H,24,25). The van der Waals surface area contributed by atoms with Gasteiger partial charge in [-0.3, -0.25) is 4.79 Å². The number of benzene rings is 2. The molecular formula is C19H21F3N2O. The second-order valence-corrected chi connectivity index (χ2v) is 6.07. The van der Waals surface area contributed by atoms with E-state index in [9.17, 15) is 18.0 Å². The SMILES string of the molecule is CC(CC(=O)NCCc1ccc(N)cc1)c1ccc(C(F)(F)F)cc1. The highest BCUT2D eigenvalue weighted by Crippen LogP contribution is 2.30. The van der Waals surface area contributed by atoms with Crippen molar-refractivity contribution in [3.63, 3.8) is 0 Å². The van der Waals surface area contributed by atoms with Gasteiger partial charge in [0.2, 0.25) is 5.91 Å². The number of halogens is 3. The summed E-state index contributed by atoms with van der Waals surface area (Å²) >= 11 is 0. The molecule has 3 nitrogen and oxygen atoms in total. The van der Waals surface area contributed by atoms with E-state index < -0.39 is 11.7 Å². The molecule has 6 heteroatoms. The monoisotopic (exact) mass is 350 g/mol. The smallest absolute Gasteiger partial charge is 0.399 e. The molecule has 0 aliphatic heterocycles. The number of carbonyl (C=O) groups is 1. The zero-order valence-electron chi connectivity index (χ0n) is 13.9. The number of nitrogen functional groups attached to an aromatic ring is 1. The maximum atomic E-state index is 12.6. The number of nitrogens with two attached hydrogens (primary N) is 1. The van der Waals surface area contributed by atoms with Crippen LogP contribution in [0.5, 0.6) is 0 Å². The first-order chi connectivity index (χ1) is 11.8. The molecule has 134 valence electrons. The highest BCUT2D eigenvalue weighted by molar-refractivity contribution is 5.76. The van der Waals surface area contributed by atoms with Crippen molar-refractivity contribution >= 4 is 11.6 Å². The molecule has 0 bridgehead atoms. The van der Waals surface area contributed by atoms with Crippen LogP contribution < -0.4 is 11.1 Å². The fraction of sp³-hybridized carbons (Fsp3) is 0.316. The van der Waals surface area contributed by atoms with Crippen LogP contribution in [0.2, 0.25) is 0 Å². The molecular weight excluding hydrogens is 329 g/mol. The van der Waals surface area contributed by atoms with Gasteiger partial charge >= 0.3 is 6.18 Å². The van der Waals surface area contributed by atoms with Crippen molar-refractivity contribution in [2.75, 3.05) is 12.3 Å². The average molecular weight is 350 g/mol. The Morgan fingerprint density at radius 2 is 1.68 bits per heavy atom. The molecule has 1 amide bonds. The van der Waals surface area contributed by atoms with E-state index >= 15 is 0 Å². The van der Waals surface area contributed by atoms with Gasteiger partial charge in [0.15, 0.2) is 0 Å². The maximum Gasteiger partial charge on any atom is 0.416 e. The van der Waals surface area contributed by atoms with Crippen molar-refractivity contribution < 1.29 is 18.0 Å². The maximum absolute atomic E-state index is 12.6. The number of hydrogen-bond acceptors (Lipinski definition) is 2. The van der Waals surface area contributed by atoms with E-state index in [2.05, 4.69) is 5.32 Å². The van der Waals surface area contributed by atoms with Gasteiger partial charge in [-0.25, -0.2) is 0 Å². The topological polar surface area (TPSA) is 55.1 Å². The largest absolute Gasteiger partial charge is 0.416 e. The minimum Gasteiger partial charge on any atom is -0.399 e. The molecule has 25 heavy (non-hydrogen) atoms. The second kappa shape index (κ2) is 8.05. The molecule has 0 heterocycles. The van der Waals surface area contributed by atoms with Crippen LogP contribution in [-0.2, 0) is 17.4 Å². The Balaban J connectivity index is 1.80. The third-order valence-corrected chi connectivity index (χ3v) is 4.01. The van der Waals surface area contributed by atoms with Crippen molar-refractivity contribution in [2.24, 2.45) is 0 Å². The summed E-state index contributed by atoms with van der Waals surface area (Å²) in [5, 5.41) is 2.83. The summed E-state index contributed by atoms with van der Waals surface area (Å²) in [7, 11) is 0. The van der Waals surface area contributed by atoms with Gasteiger partial charge in [0.05, 0.1) is 5.56 Å². The first-order valence-corrected chi connectivity index (χ1v) is 8.04. The fourth-order valence-electron chi connectivity index (χ4n) is 2.50. The normalized spacial score (nSPS) is 12.6. The Kier molecular flexibility index (Phi) is 6.07. The van der Waals surface area contributed by atoms with Crippen LogP contribution in [0.1, 0.15) is 36.0 Å². The number of carbonyl (C=O) groups excluding carboxylic acids is 1. The van der Waals surface area contributed by atoms with Crippen molar-refractivity contribution in [2.45, 2.75) is 31.9 Å². The lowest BCUT2D eigenvalue weighted by Crippen LogP contribution is -2.26. The van der Waals surface area contributed by atoms with Crippen LogP contribution in [0, 0.1) is 0 Å². The Morgan fingerprint density at radius 1 is 1.08 bits per heavy atom. The molecule has 2 rings (SSSR count). The van der Waals surface area contributed by atoms with Gasteiger partial charge in [0, 0.05) is 18.7 Å². The number of anilines is 1. The zero-order chi connectivity index (χ0) is 18.4. The molecule has 2 aromatic carbocycles. The van der Waals surface area contributed by atoms with Gasteiger partial charge in [0.1, 0.15) is 0 Å². The van der Waals surface area contributed by atoms with Crippen LogP contribution in [0.25, 0.3) is 0 Å². The predicted molar refractivity (Wildman–Crippen MR) is 92.0 cm³/mol. The van der Waals surface area contributed by atoms with Crippen LogP contribution in [0.15, 0.2) is 48.5 Å². The summed E-state index contributed by atoms with van der Waals surface area (Å²) < 4.78 is 37.7. The highest BCUT2D eigenvalue weighted by atomic mass is 19.4. The van der Waals surface area contributed by atoms with Gasteiger partial charge in [-0.1, -0.05) is 31.2 Å². The first kappa shape index (κ1) is 18.8. The Hall–Kier alpha value is -2.50. The quantitative estimate of drug-likeness (QED) is 0.770. The second-order valence-electron chi connectivity index (χ2n) is 6.07. The van der Waals surface area contributed by atoms with Gasteiger partial charge in [-0.2, -0.15) is 13.2 Å². The van der Waals surface area contributed by atoms with Gasteiger partial charge in [-0.15, -0.1) is 0 Å². The van der Waals surface area contributed by atoms with E-state index in [1.54, 1.807) is 0 Å². The van der Waals surface area contributed by atoms with E-state index in [0.717, 1.165) is 17.7 Å². The number of amides is 1. The molecule has 0 spiro atoms. The number of nitrogens with one attached hydrogen (secondary N) is 1. The Bertz CT molecular complexity index is 694. The van der Waals surface area contributed by atoms with Crippen LogP contribution in [0.3, 0.4) is 0 Å². The van der Waals surface area contributed by atoms with E-state index in [0.29, 0.717) is 24.2 Å². The summed E-state index contributed by atoms with van der Waals surface area (Å²) in [6.45, 7) is 2.32. The third kappa shape index (κ3) is 5.81. The van der Waals surface area contributed by atoms with Crippen LogP contribution in [0.4, 0.5) is 18.9 Å². The summed E-state index contributed by atoms with van der Waals surface area (Å²) in [5.74, 6) is -0.276. The van der Waals surface area contributed by atoms with Crippen molar-refractivity contribution in [1.29, 1.82) is 0 Å².